The zero-order chi connectivity index (χ0) is 62.3. The van der Waals surface area contributed by atoms with Crippen molar-refractivity contribution in [2.24, 2.45) is 0 Å². The molecule has 3 aliphatic rings. The molecule has 2 fully saturated rings. The van der Waals surface area contributed by atoms with E-state index in [1.54, 1.807) is 0 Å². The Balaban J connectivity index is 0.00000785. The van der Waals surface area contributed by atoms with E-state index in [2.05, 4.69) is 244 Å². The Kier molecular flexibility index (Phi) is 17.0. The number of fused-ring (bicyclic) bond motifs is 4. The Hall–Kier alpha value is -7.34. The SMILES string of the molecule is CC(C)(C)c1cc(-c2cc(C(C)(C)C)cc(-c3cc(F)cc(F)c3)c2N2[CH-]N(c3[c-]c(Oc4[c-]c5c(cc4)c4ccccc4n5-c4cc(C(C)(C)C)ccn4)cc(-c4c(C5CCCCC5)cccc4C4CCCCC4)c3)c3ccccc32)cc(C(C)(C)C)c1.[Pt]. The van der Waals surface area contributed by atoms with E-state index in [0.29, 0.717) is 28.9 Å². The number of halogens is 2. The van der Waals surface area contributed by atoms with Crippen molar-refractivity contribution >= 4 is 44.6 Å². The van der Waals surface area contributed by atoms with Gasteiger partial charge in [0.25, 0.3) is 0 Å². The van der Waals surface area contributed by atoms with Crippen LogP contribution in [-0.2, 0) is 42.7 Å². The molecule has 0 spiro atoms. The molecule has 10 aromatic rings. The van der Waals surface area contributed by atoms with Gasteiger partial charge in [0.1, 0.15) is 17.5 Å². The van der Waals surface area contributed by atoms with Crippen molar-refractivity contribution in [1.82, 2.24) is 9.55 Å². The molecule has 0 radical (unpaired) electrons. The van der Waals surface area contributed by atoms with Crippen molar-refractivity contribution in [3.05, 3.63) is 222 Å². The van der Waals surface area contributed by atoms with Gasteiger partial charge in [0.2, 0.25) is 0 Å². The molecule has 0 amide bonds. The molecule has 0 bridgehead atoms. The molecule has 1 aliphatic heterocycles. The van der Waals surface area contributed by atoms with E-state index in [4.69, 9.17) is 9.72 Å². The molecule has 0 N–H and O–H groups in total. The van der Waals surface area contributed by atoms with E-state index in [1.165, 1.54) is 110 Å². The van der Waals surface area contributed by atoms with Crippen molar-refractivity contribution in [2.45, 2.75) is 181 Å². The van der Waals surface area contributed by atoms with E-state index in [9.17, 15) is 0 Å². The van der Waals surface area contributed by atoms with Crippen LogP contribution < -0.4 is 14.5 Å². The molecule has 13 rings (SSSR count). The van der Waals surface area contributed by atoms with E-state index >= 15 is 8.78 Å². The van der Waals surface area contributed by atoms with Crippen LogP contribution in [0.2, 0.25) is 0 Å². The van der Waals surface area contributed by atoms with Gasteiger partial charge in [-0.25, -0.2) is 13.8 Å². The summed E-state index contributed by atoms with van der Waals surface area (Å²) in [6.45, 7) is 29.1. The van der Waals surface area contributed by atoms with Crippen molar-refractivity contribution in [3.8, 4) is 50.7 Å². The number of nitrogens with zero attached hydrogens (tertiary/aromatic N) is 4. The fourth-order valence-electron chi connectivity index (χ4n) is 14.2. The average Bonchev–Trinajstić information content (AvgIpc) is 1.48. The smallest absolute Gasteiger partial charge is 0.135 e. The molecule has 0 atom stereocenters. The summed E-state index contributed by atoms with van der Waals surface area (Å²) in [4.78, 5) is 9.49. The number of pyridine rings is 1. The Morgan fingerprint density at radius 1 is 0.478 bits per heavy atom. The number of hydrogen-bond donors (Lipinski definition) is 0. The molecule has 8 heteroatoms. The molecule has 2 saturated carbocycles. The summed E-state index contributed by atoms with van der Waals surface area (Å²) >= 11 is 0. The number of hydrogen-bond acceptors (Lipinski definition) is 4. The summed E-state index contributed by atoms with van der Waals surface area (Å²) in [5, 5.41) is 2.18. The second-order valence-electron chi connectivity index (χ2n) is 29.8. The third kappa shape index (κ3) is 12.3. The van der Waals surface area contributed by atoms with Gasteiger partial charge >= 0.3 is 0 Å². The van der Waals surface area contributed by atoms with Crippen LogP contribution in [-0.4, -0.2) is 9.55 Å². The average molecular weight is 1380 g/mol. The van der Waals surface area contributed by atoms with Crippen LogP contribution in [0.5, 0.6) is 11.5 Å². The van der Waals surface area contributed by atoms with Gasteiger partial charge in [-0.3, -0.25) is 0 Å². The molecule has 2 aromatic heterocycles. The predicted molar refractivity (Wildman–Crippen MR) is 367 cm³/mol. The molecule has 8 aromatic carbocycles. The van der Waals surface area contributed by atoms with Crippen molar-refractivity contribution < 1.29 is 34.6 Å². The van der Waals surface area contributed by atoms with Gasteiger partial charge in [0.05, 0.1) is 0 Å². The number of para-hydroxylation sites is 3. The van der Waals surface area contributed by atoms with Gasteiger partial charge in [-0.15, -0.1) is 53.6 Å². The molecule has 90 heavy (non-hydrogen) atoms. The van der Waals surface area contributed by atoms with Crippen molar-refractivity contribution in [1.29, 1.82) is 0 Å². The van der Waals surface area contributed by atoms with Crippen LogP contribution in [0.4, 0.5) is 31.5 Å². The maximum Gasteiger partial charge on any atom is 0.135 e. The zero-order valence-electron chi connectivity index (χ0n) is 54.6. The Bertz CT molecular complexity index is 4240. The van der Waals surface area contributed by atoms with Gasteiger partial charge in [0, 0.05) is 78.5 Å². The zero-order valence-corrected chi connectivity index (χ0v) is 56.9. The molecule has 0 unspecified atom stereocenters. The van der Waals surface area contributed by atoms with Gasteiger partial charge < -0.3 is 19.1 Å². The molecule has 3 heterocycles. The normalized spacial score (nSPS) is 15.4. The van der Waals surface area contributed by atoms with Gasteiger partial charge in [-0.2, -0.15) is 6.07 Å². The van der Waals surface area contributed by atoms with Crippen LogP contribution in [0.1, 0.15) is 193 Å². The van der Waals surface area contributed by atoms with Crippen molar-refractivity contribution in [3.63, 3.8) is 0 Å². The Morgan fingerprint density at radius 3 is 1.61 bits per heavy atom. The summed E-state index contributed by atoms with van der Waals surface area (Å²) in [5.74, 6) is 1.58. The first-order valence-electron chi connectivity index (χ1n) is 32.6. The maximum absolute atomic E-state index is 15.9. The van der Waals surface area contributed by atoms with Gasteiger partial charge in [-0.05, 0) is 169 Å². The number of aromatic nitrogens is 2. The van der Waals surface area contributed by atoms with Crippen LogP contribution in [0.25, 0.3) is 61.0 Å². The number of ether oxygens (including phenoxy) is 1. The molecular weight excluding hydrogens is 1290 g/mol. The van der Waals surface area contributed by atoms with E-state index in [0.717, 1.165) is 84.3 Å². The monoisotopic (exact) mass is 1370 g/mol. The minimum absolute atomic E-state index is 0. The van der Waals surface area contributed by atoms with Crippen molar-refractivity contribution in [2.75, 3.05) is 9.80 Å². The molecule has 466 valence electrons. The second-order valence-corrected chi connectivity index (χ2v) is 29.8. The van der Waals surface area contributed by atoms with Crippen LogP contribution in [0.3, 0.4) is 0 Å². The topological polar surface area (TPSA) is 33.5 Å². The minimum atomic E-state index is -0.629. The molecule has 2 aliphatic carbocycles. The summed E-state index contributed by atoms with van der Waals surface area (Å²) in [7, 11) is 0. The third-order valence-corrected chi connectivity index (χ3v) is 19.2. The third-order valence-electron chi connectivity index (χ3n) is 19.2. The summed E-state index contributed by atoms with van der Waals surface area (Å²) in [6.07, 6.45) is 14.0. The molecule has 5 nitrogen and oxygen atoms in total. The quantitative estimate of drug-likeness (QED) is 0.128. The van der Waals surface area contributed by atoms with Crippen LogP contribution >= 0.6 is 0 Å². The maximum atomic E-state index is 15.9. The molecule has 0 saturated heterocycles. The fourth-order valence-corrected chi connectivity index (χ4v) is 14.2. The van der Waals surface area contributed by atoms with E-state index in [-0.39, 0.29) is 42.7 Å². The summed E-state index contributed by atoms with van der Waals surface area (Å²) in [6, 6.07) is 60.3. The first kappa shape index (κ1) is 62.8. The first-order chi connectivity index (χ1) is 42.4. The summed E-state index contributed by atoms with van der Waals surface area (Å²) in [5.41, 5.74) is 17.7. The van der Waals surface area contributed by atoms with Crippen LogP contribution in [0, 0.1) is 30.4 Å². The van der Waals surface area contributed by atoms with E-state index < -0.39 is 11.6 Å². The minimum Gasteiger partial charge on any atom is -0.509 e. The fraction of sp³-hybridized carbons (Fsp3) is 0.341. The number of benzene rings is 8. The van der Waals surface area contributed by atoms with E-state index in [1.807, 2.05) is 12.3 Å². The standard InChI is InChI=1S/C82H85F2N4O.Pt/c1-79(2,3)57-36-37-85-76(47-57)88-72-31-20-19-28-68(72)69-35-34-64(50-75(69)88)89-65-43-56(77-66(52-24-15-13-16-25-52)29-23-30-67(77)53-26-17-14-18-27-53)42-63(49-65)86-51-87(74-33-22-21-32-73(74)86)78-70(54-38-58(80(4,5)6)44-59(39-54)81(7,8)9)45-60(82(10,11)12)46-71(78)55-40-61(83)48-62(84)41-55;/h19-23,28-48,51-53H,13-18,24-27H2,1-12H3;/q-3;. The van der Waals surface area contributed by atoms with Gasteiger partial charge in [-0.1, -0.05) is 194 Å². The number of anilines is 4. The van der Waals surface area contributed by atoms with Gasteiger partial charge in [0.15, 0.2) is 0 Å². The summed E-state index contributed by atoms with van der Waals surface area (Å²) < 4.78 is 41.4. The Labute approximate surface area is 548 Å². The second kappa shape index (κ2) is 24.4. The molecular formula is C82H85F2N4OPt-3. The Morgan fingerprint density at radius 2 is 1.02 bits per heavy atom. The van der Waals surface area contributed by atoms with Crippen LogP contribution in [0.15, 0.2) is 158 Å². The predicted octanol–water partition coefficient (Wildman–Crippen LogP) is 23.5. The first-order valence-corrected chi connectivity index (χ1v) is 32.6. The number of rotatable bonds is 10. The largest absolute Gasteiger partial charge is 0.509 e.